The molecule has 0 saturated heterocycles. The molecule has 4 aromatic carbocycles. The van der Waals surface area contributed by atoms with Crippen molar-refractivity contribution in [3.63, 3.8) is 0 Å². The van der Waals surface area contributed by atoms with Gasteiger partial charge in [0.15, 0.2) is 0 Å². The van der Waals surface area contributed by atoms with E-state index in [1.807, 2.05) is 54.6 Å². The second-order valence-electron chi connectivity index (χ2n) is 8.90. The number of anilines is 1. The maximum atomic E-state index is 13.3. The summed E-state index contributed by atoms with van der Waals surface area (Å²) in [5, 5.41) is 0. The van der Waals surface area contributed by atoms with Crippen LogP contribution in [0.2, 0.25) is 0 Å². The summed E-state index contributed by atoms with van der Waals surface area (Å²) in [5.74, 6) is 9.67. The molecule has 1 aliphatic heterocycles. The Morgan fingerprint density at radius 1 is 0.561 bits per heavy atom. The Bertz CT molecular complexity index is 1800. The van der Waals surface area contributed by atoms with Gasteiger partial charge in [0, 0.05) is 22.3 Å². The molecule has 2 amide bonds. The van der Waals surface area contributed by atoms with Crippen molar-refractivity contribution in [3.05, 3.63) is 136 Å². The molecule has 0 unspecified atom stereocenters. The Labute approximate surface area is 236 Å². The number of imide groups is 1. The van der Waals surface area contributed by atoms with Crippen LogP contribution in [0, 0.1) is 23.7 Å². The van der Waals surface area contributed by atoms with Gasteiger partial charge in [0.1, 0.15) is 0 Å². The third-order valence-corrected chi connectivity index (χ3v) is 6.27. The maximum absolute atomic E-state index is 13.3. The number of carbonyl (C=O) groups is 4. The van der Waals surface area contributed by atoms with Gasteiger partial charge in [-0.1, -0.05) is 41.9 Å². The van der Waals surface area contributed by atoms with Gasteiger partial charge in [0.25, 0.3) is 11.8 Å². The molecule has 7 heteroatoms. The minimum atomic E-state index is -0.734. The fraction of sp³-hybridized carbons (Fsp3) is 0.0588. The summed E-state index contributed by atoms with van der Waals surface area (Å²) in [6.45, 7) is 0. The van der Waals surface area contributed by atoms with E-state index in [0.29, 0.717) is 5.56 Å². The Morgan fingerprint density at radius 2 is 1.02 bits per heavy atom. The second kappa shape index (κ2) is 11.4. The highest BCUT2D eigenvalue weighted by molar-refractivity contribution is 6.34. The van der Waals surface area contributed by atoms with Crippen LogP contribution in [0.25, 0.3) is 0 Å². The van der Waals surface area contributed by atoms with Crippen molar-refractivity contribution >= 4 is 29.4 Å². The standard InChI is InChI=1S/C34H21NO6/c1-40-33(38)26-19-27(34(39)41-2)21-28(20-26)35-31(36)29-17-16-25(18-30(29)32(35)37)15-14-24-12-10-23(11-13-24)9-8-22-6-4-3-5-7-22/h3-7,10-13,16-21H,1-2H3. The number of nitrogens with zero attached hydrogens (tertiary/aromatic N) is 1. The first kappa shape index (κ1) is 26.7. The van der Waals surface area contributed by atoms with E-state index in [1.54, 1.807) is 12.1 Å². The van der Waals surface area contributed by atoms with Crippen LogP contribution >= 0.6 is 0 Å². The first-order valence-corrected chi connectivity index (χ1v) is 12.4. The van der Waals surface area contributed by atoms with Crippen molar-refractivity contribution in [3.8, 4) is 23.7 Å². The lowest BCUT2D eigenvalue weighted by Crippen LogP contribution is -2.30. The summed E-state index contributed by atoms with van der Waals surface area (Å²) in [6.07, 6.45) is 0. The zero-order valence-electron chi connectivity index (χ0n) is 22.1. The number of amides is 2. The van der Waals surface area contributed by atoms with Crippen LogP contribution in [-0.4, -0.2) is 38.0 Å². The molecule has 0 atom stereocenters. The molecular weight excluding hydrogens is 518 g/mol. The quantitative estimate of drug-likeness (QED) is 0.210. The van der Waals surface area contributed by atoms with Crippen molar-refractivity contribution in [1.82, 2.24) is 0 Å². The molecule has 0 bridgehead atoms. The number of benzene rings is 4. The van der Waals surface area contributed by atoms with Crippen molar-refractivity contribution in [2.75, 3.05) is 19.1 Å². The minimum Gasteiger partial charge on any atom is -0.465 e. The highest BCUT2D eigenvalue weighted by Crippen LogP contribution is 2.31. The summed E-state index contributed by atoms with van der Waals surface area (Å²) in [7, 11) is 2.37. The molecule has 0 aliphatic carbocycles. The number of methoxy groups -OCH3 is 2. The third-order valence-electron chi connectivity index (χ3n) is 6.27. The van der Waals surface area contributed by atoms with Gasteiger partial charge in [-0.25, -0.2) is 14.5 Å². The SMILES string of the molecule is COC(=O)c1cc(C(=O)OC)cc(N2C(=O)c3ccc(C#Cc4ccc(C#Cc5ccccc5)cc4)cc3C2=O)c1. The van der Waals surface area contributed by atoms with E-state index in [9.17, 15) is 19.2 Å². The number of hydrogen-bond donors (Lipinski definition) is 0. The fourth-order valence-corrected chi connectivity index (χ4v) is 4.21. The molecule has 0 spiro atoms. The van der Waals surface area contributed by atoms with Gasteiger partial charge in [-0.15, -0.1) is 0 Å². The van der Waals surface area contributed by atoms with Crippen LogP contribution in [0.5, 0.6) is 0 Å². The van der Waals surface area contributed by atoms with Gasteiger partial charge in [0.05, 0.1) is 42.2 Å². The molecule has 0 saturated carbocycles. The minimum absolute atomic E-state index is 0.00872. The molecule has 0 radical (unpaired) electrons. The first-order valence-electron chi connectivity index (χ1n) is 12.4. The number of carbonyl (C=O) groups excluding carboxylic acids is 4. The smallest absolute Gasteiger partial charge is 0.337 e. The molecule has 1 heterocycles. The molecule has 7 nitrogen and oxygen atoms in total. The Hall–Kier alpha value is -5.92. The lowest BCUT2D eigenvalue weighted by molar-refractivity contribution is 0.0597. The van der Waals surface area contributed by atoms with E-state index in [1.165, 1.54) is 38.5 Å². The van der Waals surface area contributed by atoms with Crippen LogP contribution in [0.3, 0.4) is 0 Å². The predicted octanol–water partition coefficient (Wildman–Crippen LogP) is 4.86. The molecule has 41 heavy (non-hydrogen) atoms. The van der Waals surface area contributed by atoms with Crippen LogP contribution in [-0.2, 0) is 9.47 Å². The summed E-state index contributed by atoms with van der Waals surface area (Å²) in [5.41, 5.74) is 3.46. The van der Waals surface area contributed by atoms with E-state index >= 15 is 0 Å². The molecule has 1 aliphatic rings. The van der Waals surface area contributed by atoms with Crippen molar-refractivity contribution in [2.45, 2.75) is 0 Å². The monoisotopic (exact) mass is 539 g/mol. The molecule has 198 valence electrons. The lowest BCUT2D eigenvalue weighted by atomic mass is 10.1. The Kier molecular flexibility index (Phi) is 7.45. The molecule has 4 aromatic rings. The zero-order valence-corrected chi connectivity index (χ0v) is 22.1. The van der Waals surface area contributed by atoms with Gasteiger partial charge in [0.2, 0.25) is 0 Å². The molecule has 5 rings (SSSR count). The third kappa shape index (κ3) is 5.61. The molecular formula is C34H21NO6. The maximum Gasteiger partial charge on any atom is 0.337 e. The fourth-order valence-electron chi connectivity index (χ4n) is 4.21. The molecule has 0 fully saturated rings. The predicted molar refractivity (Wildman–Crippen MR) is 152 cm³/mol. The van der Waals surface area contributed by atoms with Gasteiger partial charge in [-0.05, 0) is 72.8 Å². The second-order valence-corrected chi connectivity index (χ2v) is 8.90. The molecule has 0 N–H and O–H groups in total. The lowest BCUT2D eigenvalue weighted by Gasteiger charge is -2.16. The van der Waals surface area contributed by atoms with Crippen LogP contribution in [0.4, 0.5) is 5.69 Å². The van der Waals surface area contributed by atoms with Gasteiger partial charge in [-0.3, -0.25) is 9.59 Å². The number of esters is 2. The first-order chi connectivity index (χ1) is 19.9. The summed E-state index contributed by atoms with van der Waals surface area (Å²) in [4.78, 5) is 51.8. The normalized spacial score (nSPS) is 11.5. The van der Waals surface area contributed by atoms with Gasteiger partial charge in [-0.2, -0.15) is 0 Å². The van der Waals surface area contributed by atoms with Gasteiger partial charge >= 0.3 is 11.9 Å². The van der Waals surface area contributed by atoms with Gasteiger partial charge < -0.3 is 9.47 Å². The van der Waals surface area contributed by atoms with Crippen molar-refractivity contribution in [2.24, 2.45) is 0 Å². The van der Waals surface area contributed by atoms with Crippen LogP contribution in [0.1, 0.15) is 63.7 Å². The molecule has 0 aromatic heterocycles. The van der Waals surface area contributed by atoms with Crippen LogP contribution < -0.4 is 4.90 Å². The number of rotatable bonds is 3. The zero-order chi connectivity index (χ0) is 28.9. The van der Waals surface area contributed by atoms with E-state index in [-0.39, 0.29) is 27.9 Å². The average molecular weight is 540 g/mol. The summed E-state index contributed by atoms with van der Waals surface area (Å²) >= 11 is 0. The Balaban J connectivity index is 1.39. The van der Waals surface area contributed by atoms with Crippen molar-refractivity contribution < 1.29 is 28.7 Å². The van der Waals surface area contributed by atoms with E-state index < -0.39 is 23.8 Å². The number of fused-ring (bicyclic) bond motifs is 1. The number of hydrogen-bond acceptors (Lipinski definition) is 6. The Morgan fingerprint density at radius 3 is 1.56 bits per heavy atom. The van der Waals surface area contributed by atoms with Crippen LogP contribution in [0.15, 0.2) is 91.0 Å². The number of ether oxygens (including phenoxy) is 2. The summed E-state index contributed by atoms with van der Waals surface area (Å²) in [6, 6.07) is 25.8. The average Bonchev–Trinajstić information content (AvgIpc) is 3.27. The van der Waals surface area contributed by atoms with Crippen molar-refractivity contribution in [1.29, 1.82) is 0 Å². The topological polar surface area (TPSA) is 90.0 Å². The van der Waals surface area contributed by atoms with E-state index in [4.69, 9.17) is 9.47 Å². The largest absolute Gasteiger partial charge is 0.465 e. The summed E-state index contributed by atoms with van der Waals surface area (Å²) < 4.78 is 9.51. The van der Waals surface area contributed by atoms with E-state index in [2.05, 4.69) is 23.7 Å². The highest BCUT2D eigenvalue weighted by atomic mass is 16.5. The highest BCUT2D eigenvalue weighted by Gasteiger charge is 2.37. The van der Waals surface area contributed by atoms with E-state index in [0.717, 1.165) is 21.6 Å².